The Morgan fingerprint density at radius 1 is 1.35 bits per heavy atom. The first kappa shape index (κ1) is 21.0. The van der Waals surface area contributed by atoms with E-state index in [1.54, 1.807) is 0 Å². The zero-order valence-electron chi connectivity index (χ0n) is 15.1. The summed E-state index contributed by atoms with van der Waals surface area (Å²) in [5, 5.41) is 7.12. The van der Waals surface area contributed by atoms with Crippen LogP contribution in [0, 0.1) is 11.3 Å². The molecule has 1 N–H and O–H groups in total. The van der Waals surface area contributed by atoms with E-state index in [4.69, 9.17) is 14.6 Å². The molecule has 3 fully saturated rings. The molecule has 0 aromatic heterocycles. The van der Waals surface area contributed by atoms with Crippen LogP contribution in [0.2, 0.25) is 0 Å². The van der Waals surface area contributed by atoms with Crippen molar-refractivity contribution < 1.29 is 32.6 Å². The van der Waals surface area contributed by atoms with Crippen molar-refractivity contribution >= 4 is 11.9 Å². The summed E-state index contributed by atoms with van der Waals surface area (Å²) in [4.78, 5) is 26.0. The van der Waals surface area contributed by atoms with Crippen LogP contribution < -0.4 is 0 Å². The summed E-state index contributed by atoms with van der Waals surface area (Å²) in [5.41, 5.74) is -0.0479. The molecule has 9 heteroatoms. The molecule has 1 amide bonds. The number of likely N-dealkylation sites (tertiary alicyclic amines) is 2. The van der Waals surface area contributed by atoms with E-state index >= 15 is 0 Å². The van der Waals surface area contributed by atoms with E-state index in [9.17, 15) is 18.0 Å². The van der Waals surface area contributed by atoms with Crippen LogP contribution in [0.5, 0.6) is 0 Å². The smallest absolute Gasteiger partial charge is 0.475 e. The summed E-state index contributed by atoms with van der Waals surface area (Å²) in [6.45, 7) is 9.04. The molecular weight excluding hydrogens is 353 g/mol. The number of amides is 1. The van der Waals surface area contributed by atoms with Crippen molar-refractivity contribution in [3.8, 4) is 0 Å². The fraction of sp³-hybridized carbons (Fsp3) is 0.882. The molecular formula is C17H27F3N2O4. The summed E-state index contributed by atoms with van der Waals surface area (Å²) >= 11 is 0. The number of aliphatic carboxylic acids is 1. The Hall–Kier alpha value is -1.35. The van der Waals surface area contributed by atoms with Gasteiger partial charge in [-0.1, -0.05) is 0 Å². The minimum Gasteiger partial charge on any atom is -0.475 e. The second-order valence-corrected chi connectivity index (χ2v) is 7.29. The third kappa shape index (κ3) is 5.09. The number of halogens is 3. The van der Waals surface area contributed by atoms with Gasteiger partial charge in [0.2, 0.25) is 5.91 Å². The van der Waals surface area contributed by atoms with Crippen LogP contribution in [0.1, 0.15) is 32.6 Å². The maximum absolute atomic E-state index is 12.6. The van der Waals surface area contributed by atoms with Gasteiger partial charge in [0.1, 0.15) is 0 Å². The van der Waals surface area contributed by atoms with Crippen LogP contribution >= 0.6 is 0 Å². The van der Waals surface area contributed by atoms with Crippen molar-refractivity contribution in [3.05, 3.63) is 0 Å². The normalized spacial score (nSPS) is 29.8. The Labute approximate surface area is 151 Å². The van der Waals surface area contributed by atoms with Crippen LogP contribution in [0.3, 0.4) is 0 Å². The number of carbonyl (C=O) groups is 2. The molecule has 0 radical (unpaired) electrons. The van der Waals surface area contributed by atoms with E-state index in [0.717, 1.165) is 58.8 Å². The van der Waals surface area contributed by atoms with Crippen LogP contribution in [-0.4, -0.2) is 78.9 Å². The summed E-state index contributed by atoms with van der Waals surface area (Å²) < 4.78 is 37.2. The van der Waals surface area contributed by atoms with Crippen molar-refractivity contribution in [2.24, 2.45) is 11.3 Å². The number of carboxylic acids is 1. The molecule has 2 atom stereocenters. The monoisotopic (exact) mass is 380 g/mol. The quantitative estimate of drug-likeness (QED) is 0.811. The first-order valence-corrected chi connectivity index (χ1v) is 9.07. The third-order valence-corrected chi connectivity index (χ3v) is 5.42. The highest BCUT2D eigenvalue weighted by atomic mass is 19.4. The fourth-order valence-electron chi connectivity index (χ4n) is 4.05. The summed E-state index contributed by atoms with van der Waals surface area (Å²) in [6.07, 6.45) is -0.549. The van der Waals surface area contributed by atoms with E-state index in [-0.39, 0.29) is 5.41 Å². The molecule has 0 aromatic rings. The molecule has 26 heavy (non-hydrogen) atoms. The first-order valence-electron chi connectivity index (χ1n) is 9.07. The van der Waals surface area contributed by atoms with Gasteiger partial charge in [0.05, 0.1) is 12.0 Å². The number of carbonyl (C=O) groups excluding carboxylic acids is 1. The Balaban J connectivity index is 0.000000298. The van der Waals surface area contributed by atoms with Crippen LogP contribution in [0.4, 0.5) is 13.2 Å². The van der Waals surface area contributed by atoms with Crippen LogP contribution in [-0.2, 0) is 14.3 Å². The highest BCUT2D eigenvalue weighted by Gasteiger charge is 2.48. The molecule has 0 aromatic carbocycles. The SMILES string of the molecule is CCN1CCC2(CCCN(CC3CCOC3)C2)C1=O.O=C(O)C(F)(F)F. The Morgan fingerprint density at radius 2 is 2.04 bits per heavy atom. The molecule has 3 aliphatic heterocycles. The van der Waals surface area contributed by atoms with Crippen molar-refractivity contribution in [3.63, 3.8) is 0 Å². The maximum Gasteiger partial charge on any atom is 0.490 e. The summed E-state index contributed by atoms with van der Waals surface area (Å²) in [5.74, 6) is -1.65. The highest BCUT2D eigenvalue weighted by molar-refractivity contribution is 5.85. The third-order valence-electron chi connectivity index (χ3n) is 5.42. The van der Waals surface area contributed by atoms with E-state index in [1.165, 1.54) is 12.8 Å². The van der Waals surface area contributed by atoms with Gasteiger partial charge < -0.3 is 19.6 Å². The Bertz CT molecular complexity index is 509. The first-order chi connectivity index (χ1) is 12.2. The zero-order valence-corrected chi connectivity index (χ0v) is 15.1. The van der Waals surface area contributed by atoms with E-state index in [0.29, 0.717) is 11.8 Å². The number of piperidine rings is 1. The largest absolute Gasteiger partial charge is 0.490 e. The molecule has 0 bridgehead atoms. The van der Waals surface area contributed by atoms with Gasteiger partial charge in [-0.3, -0.25) is 4.79 Å². The van der Waals surface area contributed by atoms with Gasteiger partial charge in [-0.25, -0.2) is 4.79 Å². The molecule has 3 heterocycles. The van der Waals surface area contributed by atoms with Gasteiger partial charge in [-0.05, 0) is 45.1 Å². The lowest BCUT2D eigenvalue weighted by Gasteiger charge is -2.39. The topological polar surface area (TPSA) is 70.1 Å². The number of alkyl halides is 3. The number of hydrogen-bond acceptors (Lipinski definition) is 4. The van der Waals surface area contributed by atoms with E-state index in [2.05, 4.69) is 11.8 Å². The number of carboxylic acid groups (broad SMARTS) is 1. The van der Waals surface area contributed by atoms with Crippen molar-refractivity contribution in [1.29, 1.82) is 0 Å². The number of ether oxygens (including phenoxy) is 1. The van der Waals surface area contributed by atoms with Crippen LogP contribution in [0.15, 0.2) is 0 Å². The number of hydrogen-bond donors (Lipinski definition) is 1. The average Bonchev–Trinajstić information content (AvgIpc) is 3.17. The van der Waals surface area contributed by atoms with E-state index < -0.39 is 12.1 Å². The molecule has 1 spiro atoms. The van der Waals surface area contributed by atoms with Crippen molar-refractivity contribution in [1.82, 2.24) is 9.80 Å². The molecule has 3 saturated heterocycles. The maximum atomic E-state index is 12.6. The zero-order chi connectivity index (χ0) is 19.4. The molecule has 2 unspecified atom stereocenters. The second kappa shape index (κ2) is 8.56. The Kier molecular flexibility index (Phi) is 6.90. The van der Waals surface area contributed by atoms with Gasteiger partial charge in [-0.15, -0.1) is 0 Å². The van der Waals surface area contributed by atoms with Crippen molar-refractivity contribution in [2.45, 2.75) is 38.8 Å². The molecule has 0 aliphatic carbocycles. The number of nitrogens with zero attached hydrogens (tertiary/aromatic N) is 2. The lowest BCUT2D eigenvalue weighted by atomic mass is 9.78. The lowest BCUT2D eigenvalue weighted by molar-refractivity contribution is -0.192. The highest BCUT2D eigenvalue weighted by Crippen LogP contribution is 2.40. The van der Waals surface area contributed by atoms with Gasteiger partial charge >= 0.3 is 12.1 Å². The molecule has 3 aliphatic rings. The van der Waals surface area contributed by atoms with Gasteiger partial charge in [-0.2, -0.15) is 13.2 Å². The summed E-state index contributed by atoms with van der Waals surface area (Å²) in [6, 6.07) is 0. The second-order valence-electron chi connectivity index (χ2n) is 7.29. The van der Waals surface area contributed by atoms with Crippen LogP contribution in [0.25, 0.3) is 0 Å². The molecule has 3 rings (SSSR count). The van der Waals surface area contributed by atoms with Gasteiger partial charge in [0.25, 0.3) is 0 Å². The predicted octanol–water partition coefficient (Wildman–Crippen LogP) is 1.99. The van der Waals surface area contributed by atoms with E-state index in [1.807, 2.05) is 4.90 Å². The predicted molar refractivity (Wildman–Crippen MR) is 87.6 cm³/mol. The van der Waals surface area contributed by atoms with Gasteiger partial charge in [0.15, 0.2) is 0 Å². The lowest BCUT2D eigenvalue weighted by Crippen LogP contribution is -2.49. The standard InChI is InChI=1S/C15H26N2O2.C2HF3O2/c1-2-17-8-6-15(14(17)18)5-3-7-16(12-15)10-13-4-9-19-11-13;3-2(4,5)1(6)7/h13H,2-12H2,1H3;(H,6,7). The average molecular weight is 380 g/mol. The molecule has 150 valence electrons. The minimum atomic E-state index is -5.08. The van der Waals surface area contributed by atoms with Crippen molar-refractivity contribution in [2.75, 3.05) is 45.9 Å². The minimum absolute atomic E-state index is 0.0479. The molecule has 6 nitrogen and oxygen atoms in total. The summed E-state index contributed by atoms with van der Waals surface area (Å²) in [7, 11) is 0. The number of rotatable bonds is 3. The Morgan fingerprint density at radius 3 is 2.54 bits per heavy atom. The fourth-order valence-corrected chi connectivity index (χ4v) is 4.05. The van der Waals surface area contributed by atoms with Gasteiger partial charge in [0, 0.05) is 32.8 Å². The molecule has 0 saturated carbocycles.